The first-order chi connectivity index (χ1) is 11.5. The van der Waals surface area contributed by atoms with Crippen molar-refractivity contribution in [1.29, 1.82) is 0 Å². The Balaban J connectivity index is 1.64. The number of rotatable bonds is 4. The molecule has 2 heterocycles. The van der Waals surface area contributed by atoms with Crippen molar-refractivity contribution in [2.45, 2.75) is 53.0 Å². The van der Waals surface area contributed by atoms with E-state index in [2.05, 4.69) is 36.1 Å². The standard InChI is InChI=1S/C18H25N3O2S/c1-10-6-5-7-14(11(10)2)21-15(22)8-23-17-16-12(3)13(4)24-18(16)20-9-19-17/h9-11,14H,5-8H2,1-4H3,(H,21,22). The van der Waals surface area contributed by atoms with Crippen molar-refractivity contribution in [3.05, 3.63) is 16.8 Å². The maximum atomic E-state index is 12.3. The third-order valence-electron chi connectivity index (χ3n) is 5.32. The van der Waals surface area contributed by atoms with Gasteiger partial charge in [0.1, 0.15) is 11.2 Å². The molecule has 24 heavy (non-hydrogen) atoms. The van der Waals surface area contributed by atoms with Gasteiger partial charge in [0.2, 0.25) is 5.88 Å². The van der Waals surface area contributed by atoms with Gasteiger partial charge in [0.25, 0.3) is 5.91 Å². The van der Waals surface area contributed by atoms with Gasteiger partial charge in [-0.05, 0) is 37.7 Å². The Labute approximate surface area is 146 Å². The lowest BCUT2D eigenvalue weighted by Crippen LogP contribution is -2.45. The summed E-state index contributed by atoms with van der Waals surface area (Å²) in [6, 6.07) is 0.250. The van der Waals surface area contributed by atoms with Crippen LogP contribution in [-0.4, -0.2) is 28.5 Å². The van der Waals surface area contributed by atoms with Crippen LogP contribution in [0.4, 0.5) is 0 Å². The maximum absolute atomic E-state index is 12.3. The molecule has 1 fully saturated rings. The summed E-state index contributed by atoms with van der Waals surface area (Å²) in [6.07, 6.45) is 4.98. The average molecular weight is 347 g/mol. The lowest BCUT2D eigenvalue weighted by atomic mass is 9.78. The number of aromatic nitrogens is 2. The van der Waals surface area contributed by atoms with Crippen LogP contribution in [0.3, 0.4) is 0 Å². The maximum Gasteiger partial charge on any atom is 0.258 e. The largest absolute Gasteiger partial charge is 0.467 e. The van der Waals surface area contributed by atoms with E-state index in [9.17, 15) is 4.79 Å². The van der Waals surface area contributed by atoms with Crippen molar-refractivity contribution >= 4 is 27.5 Å². The molecule has 2 aromatic heterocycles. The van der Waals surface area contributed by atoms with Gasteiger partial charge >= 0.3 is 0 Å². The molecule has 130 valence electrons. The number of ether oxygens (including phenoxy) is 1. The van der Waals surface area contributed by atoms with E-state index in [0.717, 1.165) is 22.2 Å². The van der Waals surface area contributed by atoms with Gasteiger partial charge in [0.05, 0.1) is 5.39 Å². The summed E-state index contributed by atoms with van der Waals surface area (Å²) >= 11 is 1.62. The van der Waals surface area contributed by atoms with Crippen LogP contribution in [0.25, 0.3) is 10.2 Å². The van der Waals surface area contributed by atoms with E-state index in [-0.39, 0.29) is 18.6 Å². The van der Waals surface area contributed by atoms with Gasteiger partial charge in [-0.25, -0.2) is 9.97 Å². The molecule has 0 spiro atoms. The Hall–Kier alpha value is -1.69. The summed E-state index contributed by atoms with van der Waals surface area (Å²) in [5.41, 5.74) is 1.13. The van der Waals surface area contributed by atoms with E-state index in [1.54, 1.807) is 11.3 Å². The molecule has 3 rings (SSSR count). The SMILES string of the molecule is Cc1sc2ncnc(OCC(=O)NC3CCCC(C)C3C)c2c1C. The van der Waals surface area contributed by atoms with Crippen molar-refractivity contribution in [1.82, 2.24) is 15.3 Å². The Bertz CT molecular complexity index is 743. The Kier molecular flexibility index (Phi) is 5.04. The molecule has 2 aromatic rings. The molecular formula is C18H25N3O2S. The highest BCUT2D eigenvalue weighted by Gasteiger charge is 2.28. The van der Waals surface area contributed by atoms with Crippen molar-refractivity contribution in [2.75, 3.05) is 6.61 Å². The van der Waals surface area contributed by atoms with E-state index in [1.807, 2.05) is 6.92 Å². The minimum atomic E-state index is -0.0719. The predicted octanol–water partition coefficient (Wildman–Crippen LogP) is 3.63. The fourth-order valence-electron chi connectivity index (χ4n) is 3.43. The molecule has 1 amide bonds. The van der Waals surface area contributed by atoms with Gasteiger partial charge in [0.15, 0.2) is 6.61 Å². The lowest BCUT2D eigenvalue weighted by Gasteiger charge is -2.34. The van der Waals surface area contributed by atoms with E-state index in [4.69, 9.17) is 4.74 Å². The molecule has 1 aliphatic carbocycles. The van der Waals surface area contributed by atoms with Crippen molar-refractivity contribution in [2.24, 2.45) is 11.8 Å². The van der Waals surface area contributed by atoms with Gasteiger partial charge in [-0.3, -0.25) is 4.79 Å². The zero-order chi connectivity index (χ0) is 17.3. The number of aryl methyl sites for hydroxylation is 2. The monoisotopic (exact) mass is 347 g/mol. The number of hydrogen-bond acceptors (Lipinski definition) is 5. The average Bonchev–Trinajstić information content (AvgIpc) is 2.85. The van der Waals surface area contributed by atoms with E-state index >= 15 is 0 Å². The highest BCUT2D eigenvalue weighted by molar-refractivity contribution is 7.18. The van der Waals surface area contributed by atoms with E-state index in [0.29, 0.717) is 17.7 Å². The Morgan fingerprint density at radius 3 is 2.92 bits per heavy atom. The first kappa shape index (κ1) is 17.1. The summed E-state index contributed by atoms with van der Waals surface area (Å²) < 4.78 is 5.72. The summed E-state index contributed by atoms with van der Waals surface area (Å²) in [4.78, 5) is 22.9. The number of thiophene rings is 1. The van der Waals surface area contributed by atoms with Crippen molar-refractivity contribution < 1.29 is 9.53 Å². The van der Waals surface area contributed by atoms with Crippen LogP contribution >= 0.6 is 11.3 Å². The van der Waals surface area contributed by atoms with Crippen LogP contribution in [0.5, 0.6) is 5.88 Å². The zero-order valence-electron chi connectivity index (χ0n) is 14.8. The van der Waals surface area contributed by atoms with Crippen LogP contribution in [0.2, 0.25) is 0 Å². The van der Waals surface area contributed by atoms with Crippen LogP contribution in [0, 0.1) is 25.7 Å². The minimum absolute atomic E-state index is 0.00194. The van der Waals surface area contributed by atoms with Crippen LogP contribution in [0.15, 0.2) is 6.33 Å². The van der Waals surface area contributed by atoms with Crippen LogP contribution in [-0.2, 0) is 4.79 Å². The fraction of sp³-hybridized carbons (Fsp3) is 0.611. The summed E-state index contributed by atoms with van der Waals surface area (Å²) in [6.45, 7) is 8.58. The molecule has 5 nitrogen and oxygen atoms in total. The second-order valence-electron chi connectivity index (χ2n) is 6.87. The molecule has 0 aliphatic heterocycles. The summed E-state index contributed by atoms with van der Waals surface area (Å²) in [5.74, 6) is 1.59. The van der Waals surface area contributed by atoms with Gasteiger partial charge in [0, 0.05) is 10.9 Å². The first-order valence-electron chi connectivity index (χ1n) is 8.60. The molecule has 0 bridgehead atoms. The normalized spacial score (nSPS) is 24.1. The first-order valence-corrected chi connectivity index (χ1v) is 9.42. The van der Waals surface area contributed by atoms with Crippen molar-refractivity contribution in [3.63, 3.8) is 0 Å². The van der Waals surface area contributed by atoms with Gasteiger partial charge in [-0.2, -0.15) is 0 Å². The molecule has 1 saturated carbocycles. The highest BCUT2D eigenvalue weighted by Crippen LogP contribution is 2.33. The molecule has 0 aromatic carbocycles. The topological polar surface area (TPSA) is 64.1 Å². The molecule has 1 N–H and O–H groups in total. The van der Waals surface area contributed by atoms with E-state index < -0.39 is 0 Å². The van der Waals surface area contributed by atoms with E-state index in [1.165, 1.54) is 24.0 Å². The number of amides is 1. The third-order valence-corrected chi connectivity index (χ3v) is 6.44. The smallest absolute Gasteiger partial charge is 0.258 e. The molecular weight excluding hydrogens is 322 g/mol. The molecule has 1 aliphatic rings. The Morgan fingerprint density at radius 2 is 2.12 bits per heavy atom. The zero-order valence-corrected chi connectivity index (χ0v) is 15.6. The second-order valence-corrected chi connectivity index (χ2v) is 8.08. The number of carbonyl (C=O) groups is 1. The number of carbonyl (C=O) groups excluding carboxylic acids is 1. The minimum Gasteiger partial charge on any atom is -0.467 e. The number of nitrogens with one attached hydrogen (secondary N) is 1. The lowest BCUT2D eigenvalue weighted by molar-refractivity contribution is -0.124. The Morgan fingerprint density at radius 1 is 1.33 bits per heavy atom. The van der Waals surface area contributed by atoms with Gasteiger partial charge < -0.3 is 10.1 Å². The van der Waals surface area contributed by atoms with Crippen molar-refractivity contribution in [3.8, 4) is 5.88 Å². The third kappa shape index (κ3) is 3.38. The molecule has 3 unspecified atom stereocenters. The predicted molar refractivity (Wildman–Crippen MR) is 96.5 cm³/mol. The van der Waals surface area contributed by atoms with Crippen LogP contribution in [0.1, 0.15) is 43.6 Å². The number of hydrogen-bond donors (Lipinski definition) is 1. The molecule has 0 saturated heterocycles. The quantitative estimate of drug-likeness (QED) is 0.917. The summed E-state index contributed by atoms with van der Waals surface area (Å²) in [5, 5.41) is 4.06. The van der Waals surface area contributed by atoms with Crippen LogP contribution < -0.4 is 10.1 Å². The second kappa shape index (κ2) is 7.05. The molecule has 6 heteroatoms. The highest BCUT2D eigenvalue weighted by atomic mass is 32.1. The summed E-state index contributed by atoms with van der Waals surface area (Å²) in [7, 11) is 0. The van der Waals surface area contributed by atoms with Gasteiger partial charge in [-0.15, -0.1) is 11.3 Å². The number of nitrogens with zero attached hydrogens (tertiary/aromatic N) is 2. The fourth-order valence-corrected chi connectivity index (χ4v) is 4.42. The molecule has 0 radical (unpaired) electrons. The molecule has 3 atom stereocenters. The van der Waals surface area contributed by atoms with Gasteiger partial charge in [-0.1, -0.05) is 26.7 Å². The number of fused-ring (bicyclic) bond motifs is 1.